The second kappa shape index (κ2) is 9.38. The van der Waals surface area contributed by atoms with Gasteiger partial charge in [0, 0.05) is 32.2 Å². The molecule has 0 amide bonds. The lowest BCUT2D eigenvalue weighted by atomic mass is 10.2. The molecule has 0 aliphatic rings. The first kappa shape index (κ1) is 21.2. The first-order chi connectivity index (χ1) is 15.5. The Morgan fingerprint density at radius 2 is 1.50 bits per heavy atom. The molecule has 1 aromatic carbocycles. The van der Waals surface area contributed by atoms with Crippen molar-refractivity contribution >= 4 is 17.6 Å². The second-order valence-electron chi connectivity index (χ2n) is 7.18. The Balaban J connectivity index is 1.61. The highest BCUT2D eigenvalue weighted by atomic mass is 16.5. The maximum Gasteiger partial charge on any atom is 0.338 e. The van der Waals surface area contributed by atoms with Crippen LogP contribution in [0.5, 0.6) is 0 Å². The molecule has 0 atom stereocenters. The Hall–Kier alpha value is -4.08. The molecule has 10 heteroatoms. The normalized spacial score (nSPS) is 10.8. The van der Waals surface area contributed by atoms with E-state index in [0.717, 1.165) is 29.9 Å². The molecule has 0 saturated heterocycles. The predicted molar refractivity (Wildman–Crippen MR) is 119 cm³/mol. The van der Waals surface area contributed by atoms with Crippen molar-refractivity contribution in [3.8, 4) is 23.0 Å². The van der Waals surface area contributed by atoms with Gasteiger partial charge in [0.25, 0.3) is 0 Å². The summed E-state index contributed by atoms with van der Waals surface area (Å²) in [5, 5.41) is 11.6. The van der Waals surface area contributed by atoms with E-state index in [4.69, 9.17) is 4.74 Å². The summed E-state index contributed by atoms with van der Waals surface area (Å²) < 4.78 is 8.65. The van der Waals surface area contributed by atoms with Crippen LogP contribution in [-0.2, 0) is 18.8 Å². The van der Waals surface area contributed by atoms with Gasteiger partial charge in [0.2, 0.25) is 5.95 Å². The van der Waals surface area contributed by atoms with Crippen molar-refractivity contribution in [3.63, 3.8) is 0 Å². The molecule has 0 bridgehead atoms. The molecular weight excluding hydrogens is 408 g/mol. The number of ether oxygens (including phenoxy) is 1. The molecule has 0 fully saturated rings. The number of hydrogen-bond acceptors (Lipinski definition) is 8. The number of rotatable bonds is 8. The summed E-state index contributed by atoms with van der Waals surface area (Å²) in [4.78, 5) is 25.8. The van der Waals surface area contributed by atoms with E-state index < -0.39 is 0 Å². The molecule has 1 N–H and O–H groups in total. The number of nitrogens with one attached hydrogen (secondary N) is 1. The molecule has 0 unspecified atom stereocenters. The first-order valence-electron chi connectivity index (χ1n) is 10.3. The summed E-state index contributed by atoms with van der Waals surface area (Å²) in [6, 6.07) is 10.7. The third-order valence-corrected chi connectivity index (χ3v) is 4.84. The fraction of sp³-hybridized carbons (Fsp3) is 0.273. The Morgan fingerprint density at radius 3 is 2.00 bits per heavy atom. The number of nitrogens with zero attached hydrogens (tertiary/aromatic N) is 7. The van der Waals surface area contributed by atoms with Crippen LogP contribution in [0.1, 0.15) is 30.1 Å². The maximum absolute atomic E-state index is 12.1. The standard InChI is InChI=1S/C22H24N8O2/c1-4-5-14-32-21(31)15-6-8-16(9-7-15)25-22-27-19(17-10-12-23-29(17)2)26-20(28-22)18-11-13-24-30(18)3/h6-13H,4-5,14H2,1-3H3,(H,25,26,27,28). The lowest BCUT2D eigenvalue weighted by Gasteiger charge is -2.10. The zero-order valence-electron chi connectivity index (χ0n) is 18.2. The van der Waals surface area contributed by atoms with Crippen molar-refractivity contribution in [1.82, 2.24) is 34.5 Å². The number of hydrogen-bond donors (Lipinski definition) is 1. The summed E-state index contributed by atoms with van der Waals surface area (Å²) in [5.74, 6) is 0.998. The lowest BCUT2D eigenvalue weighted by Crippen LogP contribution is -2.08. The minimum atomic E-state index is -0.331. The minimum Gasteiger partial charge on any atom is -0.462 e. The second-order valence-corrected chi connectivity index (χ2v) is 7.18. The van der Waals surface area contributed by atoms with Crippen LogP contribution in [0.15, 0.2) is 48.8 Å². The monoisotopic (exact) mass is 432 g/mol. The summed E-state index contributed by atoms with van der Waals surface area (Å²) in [5.41, 5.74) is 2.73. The first-order valence-corrected chi connectivity index (χ1v) is 10.3. The van der Waals surface area contributed by atoms with E-state index in [2.05, 4.69) is 37.4 Å². The van der Waals surface area contributed by atoms with Gasteiger partial charge in [-0.3, -0.25) is 9.36 Å². The van der Waals surface area contributed by atoms with Crippen molar-refractivity contribution in [2.75, 3.05) is 11.9 Å². The van der Waals surface area contributed by atoms with Crippen LogP contribution in [0.2, 0.25) is 0 Å². The molecule has 0 spiro atoms. The van der Waals surface area contributed by atoms with Gasteiger partial charge in [-0.05, 0) is 42.8 Å². The van der Waals surface area contributed by atoms with Gasteiger partial charge in [0.15, 0.2) is 11.6 Å². The van der Waals surface area contributed by atoms with Crippen molar-refractivity contribution in [2.24, 2.45) is 14.1 Å². The molecule has 0 saturated carbocycles. The van der Waals surface area contributed by atoms with Gasteiger partial charge < -0.3 is 10.1 Å². The van der Waals surface area contributed by atoms with Crippen LogP contribution >= 0.6 is 0 Å². The maximum atomic E-state index is 12.1. The van der Waals surface area contributed by atoms with E-state index in [1.165, 1.54) is 0 Å². The van der Waals surface area contributed by atoms with Gasteiger partial charge in [0.05, 0.1) is 12.2 Å². The third kappa shape index (κ3) is 4.64. The van der Waals surface area contributed by atoms with Crippen LogP contribution < -0.4 is 5.32 Å². The van der Waals surface area contributed by atoms with Gasteiger partial charge in [-0.15, -0.1) is 0 Å². The van der Waals surface area contributed by atoms with Crippen molar-refractivity contribution in [2.45, 2.75) is 19.8 Å². The largest absolute Gasteiger partial charge is 0.462 e. The SMILES string of the molecule is CCCCOC(=O)c1ccc(Nc2nc(-c3ccnn3C)nc(-c3ccnn3C)n2)cc1. The van der Waals surface area contributed by atoms with Crippen molar-refractivity contribution < 1.29 is 9.53 Å². The number of unbranched alkanes of at least 4 members (excludes halogenated alkanes) is 1. The van der Waals surface area contributed by atoms with Crippen molar-refractivity contribution in [1.29, 1.82) is 0 Å². The Kier molecular flexibility index (Phi) is 6.20. The number of aryl methyl sites for hydroxylation is 2. The molecule has 3 heterocycles. The minimum absolute atomic E-state index is 0.331. The summed E-state index contributed by atoms with van der Waals surface area (Å²) in [6.45, 7) is 2.47. The zero-order valence-corrected chi connectivity index (χ0v) is 18.2. The van der Waals surface area contributed by atoms with Gasteiger partial charge >= 0.3 is 5.97 Å². The smallest absolute Gasteiger partial charge is 0.338 e. The van der Waals surface area contributed by atoms with E-state index in [-0.39, 0.29) is 5.97 Å². The number of carbonyl (C=O) groups is 1. The average Bonchev–Trinajstić information content (AvgIpc) is 3.42. The third-order valence-electron chi connectivity index (χ3n) is 4.84. The Bertz CT molecular complexity index is 1150. The van der Waals surface area contributed by atoms with Crippen molar-refractivity contribution in [3.05, 3.63) is 54.4 Å². The van der Waals surface area contributed by atoms with Crippen LogP contribution in [0, 0.1) is 0 Å². The highest BCUT2D eigenvalue weighted by Gasteiger charge is 2.15. The number of anilines is 2. The highest BCUT2D eigenvalue weighted by molar-refractivity contribution is 5.89. The fourth-order valence-corrected chi connectivity index (χ4v) is 3.06. The Labute approximate surface area is 185 Å². The van der Waals surface area contributed by atoms with E-state index in [9.17, 15) is 4.79 Å². The van der Waals surface area contributed by atoms with Gasteiger partial charge in [-0.25, -0.2) is 9.78 Å². The summed E-state index contributed by atoms with van der Waals surface area (Å²) in [6.07, 6.45) is 5.20. The molecule has 10 nitrogen and oxygen atoms in total. The predicted octanol–water partition coefficient (Wildman–Crippen LogP) is 3.37. The van der Waals surface area contributed by atoms with E-state index in [0.29, 0.717) is 29.8 Å². The van der Waals surface area contributed by atoms with Gasteiger partial charge in [-0.1, -0.05) is 13.3 Å². The molecule has 0 aliphatic carbocycles. The molecule has 164 valence electrons. The number of carbonyl (C=O) groups excluding carboxylic acids is 1. The highest BCUT2D eigenvalue weighted by Crippen LogP contribution is 2.23. The summed E-state index contributed by atoms with van der Waals surface area (Å²) in [7, 11) is 3.66. The van der Waals surface area contributed by atoms with Crippen LogP contribution in [0.25, 0.3) is 23.0 Å². The van der Waals surface area contributed by atoms with Crippen LogP contribution in [-0.4, -0.2) is 47.1 Å². The molecule has 3 aromatic heterocycles. The van der Waals surface area contributed by atoms with E-state index in [1.807, 2.05) is 26.2 Å². The lowest BCUT2D eigenvalue weighted by molar-refractivity contribution is 0.0500. The van der Waals surface area contributed by atoms with Gasteiger partial charge in [-0.2, -0.15) is 20.2 Å². The zero-order chi connectivity index (χ0) is 22.5. The van der Waals surface area contributed by atoms with E-state index >= 15 is 0 Å². The Morgan fingerprint density at radius 1 is 0.906 bits per heavy atom. The molecule has 32 heavy (non-hydrogen) atoms. The number of aromatic nitrogens is 7. The average molecular weight is 432 g/mol. The molecule has 4 rings (SSSR count). The fourth-order valence-electron chi connectivity index (χ4n) is 3.06. The van der Waals surface area contributed by atoms with Crippen LogP contribution in [0.4, 0.5) is 11.6 Å². The quantitative estimate of drug-likeness (QED) is 0.333. The van der Waals surface area contributed by atoms with E-state index in [1.54, 1.807) is 46.0 Å². The topological polar surface area (TPSA) is 113 Å². The number of esters is 1. The van der Waals surface area contributed by atoms with Crippen LogP contribution in [0.3, 0.4) is 0 Å². The summed E-state index contributed by atoms with van der Waals surface area (Å²) >= 11 is 0. The molecular formula is C22H24N8O2. The molecule has 0 aliphatic heterocycles. The molecule has 4 aromatic rings. The number of benzene rings is 1. The molecule has 0 radical (unpaired) electrons. The van der Waals surface area contributed by atoms with Gasteiger partial charge in [0.1, 0.15) is 11.4 Å².